The second-order valence-electron chi connectivity index (χ2n) is 6.00. The van der Waals surface area contributed by atoms with Gasteiger partial charge in [-0.1, -0.05) is 13.3 Å². The van der Waals surface area contributed by atoms with Crippen LogP contribution in [0.1, 0.15) is 39.0 Å². The van der Waals surface area contributed by atoms with E-state index in [4.69, 9.17) is 0 Å². The molecule has 0 radical (unpaired) electrons. The molecule has 2 aliphatic heterocycles. The molecule has 1 N–H and O–H groups in total. The smallest absolute Gasteiger partial charge is 0.0249 e. The molecule has 1 atom stereocenters. The van der Waals surface area contributed by atoms with Crippen molar-refractivity contribution in [3.05, 3.63) is 0 Å². The third kappa shape index (κ3) is 4.98. The van der Waals surface area contributed by atoms with Crippen molar-refractivity contribution >= 4 is 10.8 Å². The molecule has 2 rings (SSSR count). The largest absolute Gasteiger partial charge is 0.314 e. The van der Waals surface area contributed by atoms with Crippen molar-refractivity contribution in [2.45, 2.75) is 45.1 Å². The lowest BCUT2D eigenvalue weighted by molar-refractivity contribution is 0.197. The van der Waals surface area contributed by atoms with E-state index in [0.29, 0.717) is 6.04 Å². The highest BCUT2D eigenvalue weighted by molar-refractivity contribution is 7.85. The molecule has 0 aromatic heterocycles. The van der Waals surface area contributed by atoms with Crippen LogP contribution in [0.4, 0.5) is 0 Å². The van der Waals surface area contributed by atoms with Gasteiger partial charge in [0.2, 0.25) is 0 Å². The van der Waals surface area contributed by atoms with Crippen molar-refractivity contribution < 1.29 is 4.21 Å². The van der Waals surface area contributed by atoms with Crippen molar-refractivity contribution in [2.24, 2.45) is 5.92 Å². The molecule has 1 unspecified atom stereocenters. The molecule has 3 nitrogen and oxygen atoms in total. The molecule has 0 amide bonds. The van der Waals surface area contributed by atoms with Crippen molar-refractivity contribution in [2.75, 3.05) is 37.7 Å². The average molecular weight is 272 g/mol. The Labute approximate surface area is 114 Å². The molecule has 0 aromatic rings. The van der Waals surface area contributed by atoms with E-state index in [0.717, 1.165) is 36.8 Å². The number of piperidine rings is 1. The fraction of sp³-hybridized carbons (Fsp3) is 1.00. The highest BCUT2D eigenvalue weighted by Gasteiger charge is 2.19. The zero-order valence-electron chi connectivity index (χ0n) is 11.7. The highest BCUT2D eigenvalue weighted by atomic mass is 32.2. The molecular formula is C14H28N2OS. The second kappa shape index (κ2) is 7.61. The second-order valence-corrected chi connectivity index (χ2v) is 7.69. The minimum Gasteiger partial charge on any atom is -0.314 e. The van der Waals surface area contributed by atoms with Gasteiger partial charge in [0, 0.05) is 34.9 Å². The van der Waals surface area contributed by atoms with Crippen LogP contribution < -0.4 is 5.32 Å². The van der Waals surface area contributed by atoms with E-state index in [1.165, 1.54) is 38.9 Å². The Kier molecular flexibility index (Phi) is 6.12. The zero-order valence-corrected chi connectivity index (χ0v) is 12.5. The molecule has 0 aromatic carbocycles. The Balaban J connectivity index is 1.59. The van der Waals surface area contributed by atoms with E-state index in [9.17, 15) is 4.21 Å². The minimum absolute atomic E-state index is 0.529. The molecule has 106 valence electrons. The van der Waals surface area contributed by atoms with Crippen LogP contribution >= 0.6 is 0 Å². The monoisotopic (exact) mass is 272 g/mol. The van der Waals surface area contributed by atoms with Gasteiger partial charge in [-0.05, 0) is 51.2 Å². The number of hydrogen-bond acceptors (Lipinski definition) is 3. The molecule has 0 saturated carbocycles. The van der Waals surface area contributed by atoms with Gasteiger partial charge in [-0.3, -0.25) is 4.21 Å². The van der Waals surface area contributed by atoms with Crippen molar-refractivity contribution in [3.8, 4) is 0 Å². The van der Waals surface area contributed by atoms with Crippen LogP contribution in [-0.4, -0.2) is 52.8 Å². The summed E-state index contributed by atoms with van der Waals surface area (Å²) in [5, 5.41) is 3.67. The SMILES string of the molecule is CC(CNC1CCS(=O)CC1)CN1CCCCC1. The van der Waals surface area contributed by atoms with Crippen LogP contribution in [0.15, 0.2) is 0 Å². The fourth-order valence-electron chi connectivity index (χ4n) is 3.01. The Morgan fingerprint density at radius 2 is 1.89 bits per heavy atom. The average Bonchev–Trinajstić information content (AvgIpc) is 2.39. The Bertz CT molecular complexity index is 257. The molecule has 2 heterocycles. The Morgan fingerprint density at radius 3 is 2.56 bits per heavy atom. The van der Waals surface area contributed by atoms with Gasteiger partial charge in [0.05, 0.1) is 0 Å². The molecule has 2 saturated heterocycles. The third-order valence-electron chi connectivity index (χ3n) is 4.16. The Hall–Kier alpha value is 0.0700. The first-order valence-corrected chi connectivity index (χ1v) is 9.03. The van der Waals surface area contributed by atoms with E-state index >= 15 is 0 Å². The van der Waals surface area contributed by atoms with Crippen molar-refractivity contribution in [3.63, 3.8) is 0 Å². The lowest BCUT2D eigenvalue weighted by Crippen LogP contribution is -2.41. The molecule has 4 heteroatoms. The summed E-state index contributed by atoms with van der Waals surface area (Å²) < 4.78 is 11.3. The normalized spacial score (nSPS) is 32.3. The number of nitrogens with zero attached hydrogens (tertiary/aromatic N) is 1. The summed E-state index contributed by atoms with van der Waals surface area (Å²) in [4.78, 5) is 2.62. The fourth-order valence-corrected chi connectivity index (χ4v) is 4.31. The first kappa shape index (κ1) is 14.5. The summed E-state index contributed by atoms with van der Waals surface area (Å²) in [6, 6.07) is 0.617. The number of rotatable bonds is 5. The molecule has 0 spiro atoms. The van der Waals surface area contributed by atoms with Gasteiger partial charge in [-0.25, -0.2) is 0 Å². The summed E-state index contributed by atoms with van der Waals surface area (Å²) >= 11 is 0. The van der Waals surface area contributed by atoms with Gasteiger partial charge in [-0.15, -0.1) is 0 Å². The number of likely N-dealkylation sites (tertiary alicyclic amines) is 1. The maximum absolute atomic E-state index is 11.3. The van der Waals surface area contributed by atoms with Crippen molar-refractivity contribution in [1.29, 1.82) is 0 Å². The Morgan fingerprint density at radius 1 is 1.22 bits per heavy atom. The summed E-state index contributed by atoms with van der Waals surface area (Å²) in [6.45, 7) is 7.31. The summed E-state index contributed by atoms with van der Waals surface area (Å²) in [6.07, 6.45) is 6.39. The first-order chi connectivity index (χ1) is 8.74. The summed E-state index contributed by atoms with van der Waals surface area (Å²) in [5.74, 6) is 2.53. The minimum atomic E-state index is -0.529. The van der Waals surface area contributed by atoms with Crippen molar-refractivity contribution in [1.82, 2.24) is 10.2 Å². The van der Waals surface area contributed by atoms with E-state index in [-0.39, 0.29) is 0 Å². The van der Waals surface area contributed by atoms with Crippen LogP contribution in [0.25, 0.3) is 0 Å². The third-order valence-corrected chi connectivity index (χ3v) is 5.54. The van der Waals surface area contributed by atoms with Gasteiger partial charge in [0.25, 0.3) is 0 Å². The molecular weight excluding hydrogens is 244 g/mol. The van der Waals surface area contributed by atoms with Crippen LogP contribution in [0.3, 0.4) is 0 Å². The number of nitrogens with one attached hydrogen (secondary N) is 1. The van der Waals surface area contributed by atoms with Gasteiger partial charge < -0.3 is 10.2 Å². The first-order valence-electron chi connectivity index (χ1n) is 7.55. The molecule has 18 heavy (non-hydrogen) atoms. The number of hydrogen-bond donors (Lipinski definition) is 1. The highest BCUT2D eigenvalue weighted by Crippen LogP contribution is 2.12. The maximum Gasteiger partial charge on any atom is 0.0249 e. The van der Waals surface area contributed by atoms with E-state index in [1.54, 1.807) is 0 Å². The quantitative estimate of drug-likeness (QED) is 0.825. The van der Waals surface area contributed by atoms with E-state index < -0.39 is 10.8 Å². The lowest BCUT2D eigenvalue weighted by Gasteiger charge is -2.30. The molecule has 2 aliphatic rings. The topological polar surface area (TPSA) is 32.3 Å². The van der Waals surface area contributed by atoms with E-state index in [2.05, 4.69) is 17.1 Å². The van der Waals surface area contributed by atoms with Gasteiger partial charge in [0.15, 0.2) is 0 Å². The molecule has 0 bridgehead atoms. The lowest BCUT2D eigenvalue weighted by atomic mass is 10.1. The van der Waals surface area contributed by atoms with E-state index in [1.807, 2.05) is 0 Å². The standard InChI is InChI=1S/C14H28N2OS/c1-13(12-16-7-3-2-4-8-16)11-15-14-5-9-18(17)10-6-14/h13-15H,2-12H2,1H3. The van der Waals surface area contributed by atoms with Crippen LogP contribution in [0.2, 0.25) is 0 Å². The van der Waals surface area contributed by atoms with Crippen LogP contribution in [-0.2, 0) is 10.8 Å². The molecule has 2 fully saturated rings. The zero-order chi connectivity index (χ0) is 12.8. The van der Waals surface area contributed by atoms with Gasteiger partial charge >= 0.3 is 0 Å². The summed E-state index contributed by atoms with van der Waals surface area (Å²) in [5.41, 5.74) is 0. The maximum atomic E-state index is 11.3. The van der Waals surface area contributed by atoms with Gasteiger partial charge in [0.1, 0.15) is 0 Å². The van der Waals surface area contributed by atoms with Crippen LogP contribution in [0, 0.1) is 5.92 Å². The van der Waals surface area contributed by atoms with Gasteiger partial charge in [-0.2, -0.15) is 0 Å². The summed E-state index contributed by atoms with van der Waals surface area (Å²) in [7, 11) is -0.529. The predicted octanol–water partition coefficient (Wildman–Crippen LogP) is 1.61. The molecule has 0 aliphatic carbocycles. The van der Waals surface area contributed by atoms with Crippen LogP contribution in [0.5, 0.6) is 0 Å². The predicted molar refractivity (Wildman–Crippen MR) is 78.4 cm³/mol.